The third kappa shape index (κ3) is 7.73. The first kappa shape index (κ1) is 37.7. The van der Waals surface area contributed by atoms with Gasteiger partial charge in [0.15, 0.2) is 12.3 Å². The van der Waals surface area contributed by atoms with Crippen molar-refractivity contribution >= 4 is 51.6 Å². The first-order valence-corrected chi connectivity index (χ1v) is 19.4. The molecule has 7 rings (SSSR count). The maximum Gasteiger partial charge on any atom is 0.430 e. The maximum absolute atomic E-state index is 10.5. The number of aryl methyl sites for hydroxylation is 2. The van der Waals surface area contributed by atoms with Gasteiger partial charge in [-0.15, -0.1) is 0 Å². The number of fused-ring (bicyclic) bond motifs is 4. The van der Waals surface area contributed by atoms with Gasteiger partial charge in [-0.2, -0.15) is 13.2 Å². The second-order valence-corrected chi connectivity index (χ2v) is 17.8. The van der Waals surface area contributed by atoms with E-state index in [4.69, 9.17) is 19.4 Å². The van der Waals surface area contributed by atoms with E-state index in [2.05, 4.69) is 121 Å². The van der Waals surface area contributed by atoms with Crippen molar-refractivity contribution in [3.8, 4) is 11.5 Å². The predicted octanol–water partition coefficient (Wildman–Crippen LogP) is 4.41. The summed E-state index contributed by atoms with van der Waals surface area (Å²) in [4.78, 5) is 11.1. The zero-order valence-corrected chi connectivity index (χ0v) is 30.4. The SMILES string of the molecule is C.Cc1ccccc1Br.Cc1ccccc1C1=c2cc3c(cc2[Si](C)(C)c2cc4c(cc21)OCCN4C)=[N+](C)CCO3.O=C([O-])C(F)(F)F. The summed E-state index contributed by atoms with van der Waals surface area (Å²) in [7, 11) is 2.36. The van der Waals surface area contributed by atoms with Crippen LogP contribution in [0.4, 0.5) is 18.9 Å². The first-order chi connectivity index (χ1) is 22.6. The molecule has 3 heterocycles. The molecule has 260 valence electrons. The minimum absolute atomic E-state index is 0. The third-order valence-electron chi connectivity index (χ3n) is 9.00. The number of carbonyl (C=O) groups is 1. The molecule has 11 heteroatoms. The summed E-state index contributed by atoms with van der Waals surface area (Å²) < 4.78 is 47.4. The summed E-state index contributed by atoms with van der Waals surface area (Å²) in [6.07, 6.45) is -5.19. The Kier molecular flexibility index (Phi) is 11.4. The minimum atomic E-state index is -5.19. The van der Waals surface area contributed by atoms with Crippen molar-refractivity contribution in [3.05, 3.63) is 110 Å². The number of anilines is 1. The van der Waals surface area contributed by atoms with Crippen molar-refractivity contribution in [2.45, 2.75) is 40.5 Å². The van der Waals surface area contributed by atoms with Crippen LogP contribution in [0.15, 0.2) is 77.3 Å². The van der Waals surface area contributed by atoms with Crippen molar-refractivity contribution in [1.82, 2.24) is 4.58 Å². The molecule has 0 fully saturated rings. The molecule has 0 atom stereocenters. The second-order valence-electron chi connectivity index (χ2n) is 12.6. The normalized spacial score (nSPS) is 15.2. The lowest BCUT2D eigenvalue weighted by Gasteiger charge is -2.36. The number of carboxylic acid groups (broad SMARTS) is 1. The predicted molar refractivity (Wildman–Crippen MR) is 195 cm³/mol. The Balaban J connectivity index is 0.000000282. The average molecular weight is 756 g/mol. The molecule has 3 aliphatic heterocycles. The lowest BCUT2D eigenvalue weighted by molar-refractivity contribution is -0.344. The number of carboxylic acids is 1. The van der Waals surface area contributed by atoms with Crippen LogP contribution < -0.4 is 45.0 Å². The van der Waals surface area contributed by atoms with Gasteiger partial charge in [0.2, 0.25) is 5.36 Å². The molecule has 0 amide bonds. The summed E-state index contributed by atoms with van der Waals surface area (Å²) in [5.41, 5.74) is 7.71. The van der Waals surface area contributed by atoms with Gasteiger partial charge in [0, 0.05) is 17.6 Å². The zero-order chi connectivity index (χ0) is 35.0. The molecule has 0 spiro atoms. The third-order valence-corrected chi connectivity index (χ3v) is 13.4. The highest BCUT2D eigenvalue weighted by atomic mass is 79.9. The molecule has 4 aromatic carbocycles. The van der Waals surface area contributed by atoms with Crippen LogP contribution in [0.1, 0.15) is 29.7 Å². The molecule has 0 N–H and O–H groups in total. The Labute approximate surface area is 295 Å². The fraction of sp³-hybridized carbons (Fsp3) is 0.316. The van der Waals surface area contributed by atoms with Crippen LogP contribution in [0.3, 0.4) is 0 Å². The molecule has 0 aromatic heterocycles. The highest BCUT2D eigenvalue weighted by Crippen LogP contribution is 2.36. The van der Waals surface area contributed by atoms with Crippen LogP contribution in [-0.4, -0.2) is 60.6 Å². The van der Waals surface area contributed by atoms with E-state index in [0.717, 1.165) is 37.8 Å². The van der Waals surface area contributed by atoms with E-state index < -0.39 is 20.2 Å². The van der Waals surface area contributed by atoms with Gasteiger partial charge in [0.25, 0.3) is 0 Å². The molecule has 0 bridgehead atoms. The molecular weight excluding hydrogens is 713 g/mol. The van der Waals surface area contributed by atoms with Crippen LogP contribution in [0.2, 0.25) is 13.1 Å². The number of benzene rings is 4. The molecule has 3 aliphatic rings. The van der Waals surface area contributed by atoms with Crippen LogP contribution >= 0.6 is 15.9 Å². The molecule has 0 unspecified atom stereocenters. The minimum Gasteiger partial charge on any atom is -0.542 e. The van der Waals surface area contributed by atoms with Crippen molar-refractivity contribution < 1.29 is 32.5 Å². The maximum atomic E-state index is 10.5. The van der Waals surface area contributed by atoms with Crippen molar-refractivity contribution in [3.63, 3.8) is 0 Å². The van der Waals surface area contributed by atoms with Crippen molar-refractivity contribution in [2.24, 2.45) is 0 Å². The molecule has 0 saturated carbocycles. The number of rotatable bonds is 1. The second kappa shape index (κ2) is 14.8. The molecule has 0 aliphatic carbocycles. The lowest BCUT2D eigenvalue weighted by Crippen LogP contribution is -2.64. The van der Waals surface area contributed by atoms with Gasteiger partial charge >= 0.3 is 6.18 Å². The van der Waals surface area contributed by atoms with E-state index in [9.17, 15) is 13.2 Å². The van der Waals surface area contributed by atoms with E-state index in [-0.39, 0.29) is 7.43 Å². The van der Waals surface area contributed by atoms with E-state index >= 15 is 0 Å². The van der Waals surface area contributed by atoms with Crippen molar-refractivity contribution in [2.75, 3.05) is 45.3 Å². The van der Waals surface area contributed by atoms with E-state index in [0.29, 0.717) is 0 Å². The molecule has 0 saturated heterocycles. The van der Waals surface area contributed by atoms with Gasteiger partial charge in [0.05, 0.1) is 12.2 Å². The van der Waals surface area contributed by atoms with Gasteiger partial charge in [-0.05, 0) is 81.5 Å². The van der Waals surface area contributed by atoms with Gasteiger partial charge < -0.3 is 24.3 Å². The summed E-state index contributed by atoms with van der Waals surface area (Å²) in [5, 5.41) is 14.3. The van der Waals surface area contributed by atoms with E-state index in [1.807, 2.05) is 18.2 Å². The number of aliphatic carboxylic acids is 1. The standard InChI is InChI=1S/C28H31N2O2Si.C7H7Br.C2HF3O2.CH4/c1-18-8-6-7-9-19(18)28-20-14-24-22(29(2)10-12-31-24)16-26(20)33(4,5)27-17-23-25(15-21(27)28)32-13-11-30(23)3;1-6-4-2-3-5-7(6)8;3-2(4,5)1(6)7;/h6-9,14-17H,10-13H2,1-5H3;2-5H,1H3;(H,6,7);1H4/q+1;;;/p-1. The fourth-order valence-corrected chi connectivity index (χ4v) is 9.53. The van der Waals surface area contributed by atoms with Gasteiger partial charge in [-0.3, -0.25) is 0 Å². The number of hydrogen-bond acceptors (Lipinski definition) is 5. The van der Waals surface area contributed by atoms with Gasteiger partial charge in [-0.25, -0.2) is 4.58 Å². The Morgan fingerprint density at radius 1 is 0.898 bits per heavy atom. The average Bonchev–Trinajstić information content (AvgIpc) is 3.03. The monoisotopic (exact) mass is 754 g/mol. The largest absolute Gasteiger partial charge is 0.542 e. The molecule has 4 aromatic rings. The topological polar surface area (TPSA) is 64.8 Å². The first-order valence-electron chi connectivity index (χ1n) is 15.6. The lowest BCUT2D eigenvalue weighted by atomic mass is 9.91. The molecule has 49 heavy (non-hydrogen) atoms. The molecule has 6 nitrogen and oxygen atoms in total. The number of likely N-dealkylation sites (N-methyl/N-ethyl adjacent to an activating group) is 2. The summed E-state index contributed by atoms with van der Waals surface area (Å²) >= 11 is 3.40. The summed E-state index contributed by atoms with van der Waals surface area (Å²) in [5.74, 6) is -1.01. The number of ether oxygens (including phenoxy) is 2. The number of carbonyl (C=O) groups excluding carboxylic acids is 1. The van der Waals surface area contributed by atoms with Crippen LogP contribution in [-0.2, 0) is 4.79 Å². The number of halogens is 4. The number of alkyl halides is 3. The van der Waals surface area contributed by atoms with Crippen molar-refractivity contribution in [1.29, 1.82) is 0 Å². The van der Waals surface area contributed by atoms with Crippen LogP contribution in [0.5, 0.6) is 11.5 Å². The van der Waals surface area contributed by atoms with E-state index in [1.165, 1.54) is 58.9 Å². The number of nitrogens with zero attached hydrogens (tertiary/aromatic N) is 2. The van der Waals surface area contributed by atoms with E-state index in [1.54, 1.807) is 0 Å². The smallest absolute Gasteiger partial charge is 0.430 e. The summed E-state index contributed by atoms with van der Waals surface area (Å²) in [6, 6.07) is 26.4. The van der Waals surface area contributed by atoms with Gasteiger partial charge in [0.1, 0.15) is 40.1 Å². The van der Waals surface area contributed by atoms with Crippen LogP contribution in [0, 0.1) is 13.8 Å². The Hall–Kier alpha value is -4.09. The summed E-state index contributed by atoms with van der Waals surface area (Å²) in [6.45, 7) is 12.6. The Morgan fingerprint density at radius 2 is 1.51 bits per heavy atom. The van der Waals surface area contributed by atoms with Crippen LogP contribution in [0.25, 0.3) is 5.57 Å². The number of hydrogen-bond donors (Lipinski definition) is 0. The molecule has 0 radical (unpaired) electrons. The van der Waals surface area contributed by atoms with Gasteiger partial charge in [-0.1, -0.05) is 78.9 Å². The highest BCUT2D eigenvalue weighted by Gasteiger charge is 2.38. The Bertz CT molecular complexity index is 1990. The molecular formula is C38H42BrF3N2O4Si. The quantitative estimate of drug-likeness (QED) is 0.213. The Morgan fingerprint density at radius 3 is 2.10 bits per heavy atom. The highest BCUT2D eigenvalue weighted by molar-refractivity contribution is 9.10. The zero-order valence-electron chi connectivity index (χ0n) is 27.8. The fourth-order valence-electron chi connectivity index (χ4n) is 6.22.